The van der Waals surface area contributed by atoms with Crippen molar-refractivity contribution in [1.29, 1.82) is 0 Å². The number of nitro groups is 1. The molecule has 2 amide bonds. The number of rotatable bonds is 10. The number of hydrogen-bond donors (Lipinski definition) is 2. The Kier molecular flexibility index (Phi) is 8.26. The molecule has 8 nitrogen and oxygen atoms in total. The second-order valence-electron chi connectivity index (χ2n) is 7.65. The van der Waals surface area contributed by atoms with Crippen LogP contribution in [0, 0.1) is 10.1 Å². The number of nitro benzene ring substituents is 1. The Bertz CT molecular complexity index is 1100. The average molecular weight is 467 g/mol. The summed E-state index contributed by atoms with van der Waals surface area (Å²) in [6.45, 7) is 3.40. The smallest absolute Gasteiger partial charge is 0.269 e. The quantitative estimate of drug-likeness (QED) is 0.349. The molecule has 0 saturated heterocycles. The summed E-state index contributed by atoms with van der Waals surface area (Å²) in [4.78, 5) is 40.2. The van der Waals surface area contributed by atoms with Gasteiger partial charge in [0.2, 0.25) is 11.8 Å². The molecule has 3 aromatic rings. The first kappa shape index (κ1) is 24.1. The molecule has 0 aliphatic carbocycles. The largest absolute Gasteiger partial charge is 0.346 e. The fourth-order valence-electron chi connectivity index (χ4n) is 3.44. The van der Waals surface area contributed by atoms with Crippen molar-refractivity contribution in [3.05, 3.63) is 91.9 Å². The fourth-order valence-corrected chi connectivity index (χ4v) is 4.24. The summed E-state index contributed by atoms with van der Waals surface area (Å²) in [6, 6.07) is 14.5. The molecule has 2 atom stereocenters. The van der Waals surface area contributed by atoms with Crippen LogP contribution < -0.4 is 10.6 Å². The molecule has 1 heterocycles. The topological polar surface area (TPSA) is 114 Å². The molecule has 0 bridgehead atoms. The van der Waals surface area contributed by atoms with Gasteiger partial charge >= 0.3 is 0 Å². The lowest BCUT2D eigenvalue weighted by molar-refractivity contribution is -0.384. The van der Waals surface area contributed by atoms with Gasteiger partial charge in [-0.3, -0.25) is 19.7 Å². The van der Waals surface area contributed by atoms with E-state index in [0.717, 1.165) is 28.2 Å². The second kappa shape index (κ2) is 11.3. The van der Waals surface area contributed by atoms with E-state index in [1.807, 2.05) is 42.6 Å². The molecular weight excluding hydrogens is 440 g/mol. The fraction of sp³-hybridized carbons (Fsp3) is 0.292. The van der Waals surface area contributed by atoms with Gasteiger partial charge in [0.25, 0.3) is 5.69 Å². The summed E-state index contributed by atoms with van der Waals surface area (Å²) in [6.07, 6.45) is 1.55. The number of carbonyl (C=O) groups excluding carboxylic acids is 2. The zero-order chi connectivity index (χ0) is 23.8. The van der Waals surface area contributed by atoms with Crippen molar-refractivity contribution in [2.45, 2.75) is 45.2 Å². The zero-order valence-corrected chi connectivity index (χ0v) is 19.3. The lowest BCUT2D eigenvalue weighted by Crippen LogP contribution is -2.48. The van der Waals surface area contributed by atoms with Gasteiger partial charge in [-0.25, -0.2) is 4.98 Å². The first-order valence-corrected chi connectivity index (χ1v) is 11.5. The molecule has 1 aromatic heterocycles. The van der Waals surface area contributed by atoms with Gasteiger partial charge in [0.15, 0.2) is 0 Å². The van der Waals surface area contributed by atoms with Crippen LogP contribution in [-0.2, 0) is 28.9 Å². The van der Waals surface area contributed by atoms with Crippen molar-refractivity contribution in [2.75, 3.05) is 0 Å². The van der Waals surface area contributed by atoms with Gasteiger partial charge in [-0.05, 0) is 24.0 Å². The number of hydrogen-bond acceptors (Lipinski definition) is 6. The predicted molar refractivity (Wildman–Crippen MR) is 127 cm³/mol. The van der Waals surface area contributed by atoms with Gasteiger partial charge in [0, 0.05) is 30.9 Å². The van der Waals surface area contributed by atoms with Crippen LogP contribution in [0.4, 0.5) is 5.69 Å². The van der Waals surface area contributed by atoms with E-state index in [1.165, 1.54) is 30.4 Å². The van der Waals surface area contributed by atoms with E-state index >= 15 is 0 Å². The molecule has 9 heteroatoms. The lowest BCUT2D eigenvalue weighted by atomic mass is 10.0. The number of aryl methyl sites for hydroxylation is 1. The van der Waals surface area contributed by atoms with E-state index in [0.29, 0.717) is 12.8 Å². The minimum absolute atomic E-state index is 0.00912. The van der Waals surface area contributed by atoms with E-state index in [-0.39, 0.29) is 17.5 Å². The highest BCUT2D eigenvalue weighted by Gasteiger charge is 2.25. The summed E-state index contributed by atoms with van der Waals surface area (Å²) in [5.41, 5.74) is 2.50. The first-order valence-electron chi connectivity index (χ1n) is 10.6. The molecule has 0 unspecified atom stereocenters. The summed E-state index contributed by atoms with van der Waals surface area (Å²) >= 11 is 1.52. The number of carbonyl (C=O) groups is 2. The van der Waals surface area contributed by atoms with Gasteiger partial charge in [-0.15, -0.1) is 11.3 Å². The number of nitrogens with zero attached hydrogens (tertiary/aromatic N) is 2. The number of nitrogens with one attached hydrogen (secondary N) is 2. The molecule has 2 aromatic carbocycles. The van der Waals surface area contributed by atoms with Crippen LogP contribution in [0.3, 0.4) is 0 Å². The Morgan fingerprint density at radius 1 is 1.03 bits per heavy atom. The van der Waals surface area contributed by atoms with Crippen molar-refractivity contribution < 1.29 is 14.5 Å². The minimum atomic E-state index is -0.742. The van der Waals surface area contributed by atoms with Gasteiger partial charge in [0.05, 0.1) is 21.7 Å². The molecule has 172 valence electrons. The average Bonchev–Trinajstić information content (AvgIpc) is 3.28. The Balaban J connectivity index is 1.82. The highest BCUT2D eigenvalue weighted by molar-refractivity contribution is 7.09. The summed E-state index contributed by atoms with van der Waals surface area (Å²) < 4.78 is 0. The maximum Gasteiger partial charge on any atom is 0.269 e. The third-order valence-corrected chi connectivity index (χ3v) is 6.12. The lowest BCUT2D eigenvalue weighted by Gasteiger charge is -2.23. The van der Waals surface area contributed by atoms with Crippen molar-refractivity contribution in [1.82, 2.24) is 15.6 Å². The Morgan fingerprint density at radius 3 is 2.27 bits per heavy atom. The molecule has 0 aliphatic rings. The third-order valence-electron chi connectivity index (χ3n) is 5.11. The number of amides is 2. The Labute approximate surface area is 196 Å². The van der Waals surface area contributed by atoms with E-state index in [9.17, 15) is 19.7 Å². The Morgan fingerprint density at radius 2 is 1.70 bits per heavy atom. The molecule has 33 heavy (non-hydrogen) atoms. The van der Waals surface area contributed by atoms with Crippen LogP contribution in [0.1, 0.15) is 41.7 Å². The number of thiazole rings is 1. The van der Waals surface area contributed by atoms with Crippen LogP contribution in [-0.4, -0.2) is 27.8 Å². The van der Waals surface area contributed by atoms with Gasteiger partial charge in [-0.2, -0.15) is 0 Å². The standard InChI is InChI=1S/C24H26N4O4S/c1-3-23-26-22(15-33-23)20(13-18-9-11-19(12-10-18)28(31)32)27-24(30)21(25-16(2)29)14-17-7-5-4-6-8-17/h4-12,15,20-21H,3,13-14H2,1-2H3,(H,25,29)(H,27,30)/t20-,21-/m0/s1. The number of benzene rings is 2. The molecular formula is C24H26N4O4S. The van der Waals surface area contributed by atoms with Crippen LogP contribution in [0.2, 0.25) is 0 Å². The van der Waals surface area contributed by atoms with Gasteiger partial charge in [0.1, 0.15) is 6.04 Å². The molecule has 2 N–H and O–H groups in total. The normalized spacial score (nSPS) is 12.5. The number of aromatic nitrogens is 1. The summed E-state index contributed by atoms with van der Waals surface area (Å²) in [5.74, 6) is -0.605. The van der Waals surface area contributed by atoms with Crippen LogP contribution in [0.25, 0.3) is 0 Å². The van der Waals surface area contributed by atoms with Gasteiger partial charge in [-0.1, -0.05) is 49.4 Å². The predicted octanol–water partition coefficient (Wildman–Crippen LogP) is 3.76. The van der Waals surface area contributed by atoms with E-state index in [2.05, 4.69) is 15.6 Å². The molecule has 0 aliphatic heterocycles. The van der Waals surface area contributed by atoms with E-state index < -0.39 is 17.0 Å². The van der Waals surface area contributed by atoms with E-state index in [4.69, 9.17) is 0 Å². The van der Waals surface area contributed by atoms with Crippen molar-refractivity contribution in [2.24, 2.45) is 0 Å². The molecule has 3 rings (SSSR count). The summed E-state index contributed by atoms with van der Waals surface area (Å²) in [7, 11) is 0. The molecule has 0 saturated carbocycles. The minimum Gasteiger partial charge on any atom is -0.346 e. The highest BCUT2D eigenvalue weighted by atomic mass is 32.1. The van der Waals surface area contributed by atoms with Gasteiger partial charge < -0.3 is 10.6 Å². The molecule has 0 fully saturated rings. The SMILES string of the molecule is CCc1nc([C@H](Cc2ccc([N+](=O)[O-])cc2)NC(=O)[C@H](Cc2ccccc2)NC(C)=O)cs1. The van der Waals surface area contributed by atoms with Crippen molar-refractivity contribution in [3.8, 4) is 0 Å². The number of non-ortho nitro benzene ring substituents is 1. The maximum atomic E-state index is 13.2. The van der Waals surface area contributed by atoms with Crippen LogP contribution in [0.5, 0.6) is 0 Å². The van der Waals surface area contributed by atoms with Crippen molar-refractivity contribution in [3.63, 3.8) is 0 Å². The zero-order valence-electron chi connectivity index (χ0n) is 18.5. The maximum absolute atomic E-state index is 13.2. The molecule has 0 spiro atoms. The monoisotopic (exact) mass is 466 g/mol. The highest BCUT2D eigenvalue weighted by Crippen LogP contribution is 2.23. The van der Waals surface area contributed by atoms with Crippen LogP contribution in [0.15, 0.2) is 60.0 Å². The van der Waals surface area contributed by atoms with Crippen molar-refractivity contribution >= 4 is 28.8 Å². The van der Waals surface area contributed by atoms with E-state index in [1.54, 1.807) is 12.1 Å². The molecule has 0 radical (unpaired) electrons. The first-order chi connectivity index (χ1) is 15.9. The third kappa shape index (κ3) is 6.95. The Hall–Kier alpha value is -3.59. The summed E-state index contributed by atoms with van der Waals surface area (Å²) in [5, 5.41) is 19.6. The second-order valence-corrected chi connectivity index (χ2v) is 8.59. The van der Waals surface area contributed by atoms with Crippen LogP contribution >= 0.6 is 11.3 Å².